The molecule has 0 atom stereocenters. The second-order valence-electron chi connectivity index (χ2n) is 4.21. The molecule has 0 fully saturated rings. The van der Waals surface area contributed by atoms with Crippen molar-refractivity contribution in [2.75, 3.05) is 0 Å². The summed E-state index contributed by atoms with van der Waals surface area (Å²) in [7, 11) is 1.93. The van der Waals surface area contributed by atoms with Gasteiger partial charge in [0.1, 0.15) is 5.01 Å². The molecular formula is C14H13N3S. The van der Waals surface area contributed by atoms with Crippen LogP contribution in [0.2, 0.25) is 0 Å². The van der Waals surface area contributed by atoms with Gasteiger partial charge in [-0.1, -0.05) is 30.3 Å². The second-order valence-corrected chi connectivity index (χ2v) is 5.06. The predicted molar refractivity (Wildman–Crippen MR) is 74.5 cm³/mol. The van der Waals surface area contributed by atoms with Crippen LogP contribution in [0.25, 0.3) is 21.8 Å². The molecule has 0 N–H and O–H groups in total. The van der Waals surface area contributed by atoms with Crippen molar-refractivity contribution in [2.45, 2.75) is 6.92 Å². The highest BCUT2D eigenvalue weighted by Gasteiger charge is 2.10. The molecule has 0 aliphatic heterocycles. The van der Waals surface area contributed by atoms with E-state index in [4.69, 9.17) is 4.98 Å². The van der Waals surface area contributed by atoms with E-state index in [-0.39, 0.29) is 0 Å². The lowest BCUT2D eigenvalue weighted by Gasteiger charge is -1.94. The Bertz CT molecular complexity index is 667. The second kappa shape index (κ2) is 4.38. The lowest BCUT2D eigenvalue weighted by Crippen LogP contribution is -1.86. The molecule has 0 aliphatic carbocycles. The lowest BCUT2D eigenvalue weighted by molar-refractivity contribution is 0.756. The molecule has 0 amide bonds. The monoisotopic (exact) mass is 255 g/mol. The molecule has 90 valence electrons. The molecule has 3 aromatic rings. The molecule has 0 saturated carbocycles. The molecule has 3 rings (SSSR count). The maximum Gasteiger partial charge on any atom is 0.124 e. The van der Waals surface area contributed by atoms with Crippen LogP contribution in [0.15, 0.2) is 41.9 Å². The molecule has 1 aromatic carbocycles. The quantitative estimate of drug-likeness (QED) is 0.701. The van der Waals surface area contributed by atoms with Gasteiger partial charge in [-0.25, -0.2) is 4.98 Å². The lowest BCUT2D eigenvalue weighted by atomic mass is 10.2. The number of aromatic nitrogens is 3. The van der Waals surface area contributed by atoms with Crippen LogP contribution < -0.4 is 0 Å². The summed E-state index contributed by atoms with van der Waals surface area (Å²) in [6, 6.07) is 10.2. The number of thiazole rings is 1. The zero-order chi connectivity index (χ0) is 12.5. The Morgan fingerprint density at radius 3 is 2.61 bits per heavy atom. The zero-order valence-electron chi connectivity index (χ0n) is 10.3. The highest BCUT2D eigenvalue weighted by atomic mass is 32.1. The number of nitrogens with zero attached hydrogens (tertiary/aromatic N) is 3. The van der Waals surface area contributed by atoms with E-state index in [1.807, 2.05) is 43.0 Å². The van der Waals surface area contributed by atoms with E-state index < -0.39 is 0 Å². The number of hydrogen-bond donors (Lipinski definition) is 0. The maximum absolute atomic E-state index is 4.69. The Balaban J connectivity index is 2.02. The fourth-order valence-electron chi connectivity index (χ4n) is 1.96. The van der Waals surface area contributed by atoms with Gasteiger partial charge < -0.3 is 0 Å². The minimum absolute atomic E-state index is 1.00. The zero-order valence-corrected chi connectivity index (χ0v) is 11.1. The molecule has 0 spiro atoms. The van der Waals surface area contributed by atoms with Crippen LogP contribution >= 0.6 is 11.3 Å². The smallest absolute Gasteiger partial charge is 0.124 e. The van der Waals surface area contributed by atoms with Crippen molar-refractivity contribution in [3.63, 3.8) is 0 Å². The SMILES string of the molecule is Cc1nn(C)cc1-c1csc(-c2ccccc2)n1. The molecule has 0 saturated heterocycles. The first kappa shape index (κ1) is 11.2. The fourth-order valence-corrected chi connectivity index (χ4v) is 2.79. The van der Waals surface area contributed by atoms with Crippen molar-refractivity contribution in [3.8, 4) is 21.8 Å². The molecule has 0 bridgehead atoms. The number of aryl methyl sites for hydroxylation is 2. The third-order valence-electron chi connectivity index (χ3n) is 2.81. The molecule has 18 heavy (non-hydrogen) atoms. The van der Waals surface area contributed by atoms with Crippen LogP contribution in [0.5, 0.6) is 0 Å². The summed E-state index contributed by atoms with van der Waals surface area (Å²) in [5.74, 6) is 0. The molecule has 2 heterocycles. The van der Waals surface area contributed by atoms with E-state index in [2.05, 4.69) is 22.6 Å². The summed E-state index contributed by atoms with van der Waals surface area (Å²) in [5, 5.41) is 7.49. The van der Waals surface area contributed by atoms with E-state index in [1.54, 1.807) is 11.3 Å². The van der Waals surface area contributed by atoms with Gasteiger partial charge in [-0.15, -0.1) is 11.3 Å². The first-order valence-electron chi connectivity index (χ1n) is 5.75. The van der Waals surface area contributed by atoms with Gasteiger partial charge in [0.05, 0.1) is 11.4 Å². The molecule has 0 unspecified atom stereocenters. The Hall–Kier alpha value is -1.94. The standard InChI is InChI=1S/C14H13N3S/c1-10-12(8-17(2)16-10)13-9-18-14(15-13)11-6-4-3-5-7-11/h3-9H,1-2H3. The first-order chi connectivity index (χ1) is 8.74. The third kappa shape index (κ3) is 1.95. The van der Waals surface area contributed by atoms with Crippen LogP contribution in [0.4, 0.5) is 0 Å². The Labute approximate surface area is 110 Å². The minimum atomic E-state index is 1.00. The predicted octanol–water partition coefficient (Wildman–Crippen LogP) is 3.52. The van der Waals surface area contributed by atoms with Gasteiger partial charge in [0.25, 0.3) is 0 Å². The van der Waals surface area contributed by atoms with Crippen LogP contribution in [0.3, 0.4) is 0 Å². The highest BCUT2D eigenvalue weighted by Crippen LogP contribution is 2.29. The molecular weight excluding hydrogens is 242 g/mol. The van der Waals surface area contributed by atoms with Crippen molar-refractivity contribution in [3.05, 3.63) is 47.6 Å². The Morgan fingerprint density at radius 2 is 1.94 bits per heavy atom. The normalized spacial score (nSPS) is 10.8. The molecule has 0 aliphatic rings. The van der Waals surface area contributed by atoms with Crippen LogP contribution in [0.1, 0.15) is 5.69 Å². The average Bonchev–Trinajstić information content (AvgIpc) is 2.97. The van der Waals surface area contributed by atoms with Gasteiger partial charge in [-0.2, -0.15) is 5.10 Å². The first-order valence-corrected chi connectivity index (χ1v) is 6.63. The summed E-state index contributed by atoms with van der Waals surface area (Å²) in [6.45, 7) is 2.01. The summed E-state index contributed by atoms with van der Waals surface area (Å²) >= 11 is 1.67. The minimum Gasteiger partial charge on any atom is -0.275 e. The molecule has 2 aromatic heterocycles. The third-order valence-corrected chi connectivity index (χ3v) is 3.71. The number of rotatable bonds is 2. The van der Waals surface area contributed by atoms with E-state index in [1.165, 1.54) is 0 Å². The number of benzene rings is 1. The van der Waals surface area contributed by atoms with Gasteiger partial charge in [-0.05, 0) is 6.92 Å². The topological polar surface area (TPSA) is 30.7 Å². The van der Waals surface area contributed by atoms with E-state index in [0.717, 1.165) is 27.5 Å². The summed E-state index contributed by atoms with van der Waals surface area (Å²) in [5.41, 5.74) is 4.29. The van der Waals surface area contributed by atoms with Crippen molar-refractivity contribution in [1.82, 2.24) is 14.8 Å². The van der Waals surface area contributed by atoms with Crippen molar-refractivity contribution >= 4 is 11.3 Å². The fraction of sp³-hybridized carbons (Fsp3) is 0.143. The highest BCUT2D eigenvalue weighted by molar-refractivity contribution is 7.13. The summed E-state index contributed by atoms with van der Waals surface area (Å²) in [4.78, 5) is 4.69. The van der Waals surface area contributed by atoms with Gasteiger partial charge in [0.2, 0.25) is 0 Å². The molecule has 4 heteroatoms. The largest absolute Gasteiger partial charge is 0.275 e. The van der Waals surface area contributed by atoms with Gasteiger partial charge in [-0.3, -0.25) is 4.68 Å². The number of hydrogen-bond acceptors (Lipinski definition) is 3. The van der Waals surface area contributed by atoms with E-state index in [9.17, 15) is 0 Å². The van der Waals surface area contributed by atoms with Crippen molar-refractivity contribution < 1.29 is 0 Å². The summed E-state index contributed by atoms with van der Waals surface area (Å²) < 4.78 is 1.83. The van der Waals surface area contributed by atoms with Crippen molar-refractivity contribution in [1.29, 1.82) is 0 Å². The Kier molecular flexibility index (Phi) is 2.72. The van der Waals surface area contributed by atoms with E-state index >= 15 is 0 Å². The molecule has 3 nitrogen and oxygen atoms in total. The van der Waals surface area contributed by atoms with Crippen LogP contribution in [0, 0.1) is 6.92 Å². The van der Waals surface area contributed by atoms with Gasteiger partial charge >= 0.3 is 0 Å². The summed E-state index contributed by atoms with van der Waals surface area (Å²) in [6.07, 6.45) is 2.01. The maximum atomic E-state index is 4.69. The van der Waals surface area contributed by atoms with E-state index in [0.29, 0.717) is 0 Å². The van der Waals surface area contributed by atoms with Gasteiger partial charge in [0, 0.05) is 29.8 Å². The van der Waals surface area contributed by atoms with Crippen LogP contribution in [-0.2, 0) is 7.05 Å². The van der Waals surface area contributed by atoms with Crippen LogP contribution in [-0.4, -0.2) is 14.8 Å². The average molecular weight is 255 g/mol. The molecule has 0 radical (unpaired) electrons. The Morgan fingerprint density at radius 1 is 1.17 bits per heavy atom. The van der Waals surface area contributed by atoms with Crippen molar-refractivity contribution in [2.24, 2.45) is 7.05 Å². The van der Waals surface area contributed by atoms with Gasteiger partial charge in [0.15, 0.2) is 0 Å².